The minimum absolute atomic E-state index is 0.0354. The van der Waals surface area contributed by atoms with Crippen molar-refractivity contribution in [3.8, 4) is 0 Å². The lowest BCUT2D eigenvalue weighted by Crippen LogP contribution is -2.39. The highest BCUT2D eigenvalue weighted by atomic mass is 32.2. The fraction of sp³-hybridized carbons (Fsp3) is 0.435. The Hall–Kier alpha value is -2.74. The summed E-state index contributed by atoms with van der Waals surface area (Å²) in [4.78, 5) is 18.9. The fourth-order valence-corrected chi connectivity index (χ4v) is 4.14. The maximum Gasteiger partial charge on any atom is 0.256 e. The molecule has 1 saturated heterocycles. The molecule has 1 N–H and O–H groups in total. The van der Waals surface area contributed by atoms with Crippen LogP contribution < -0.4 is 4.72 Å². The predicted octanol–water partition coefficient (Wildman–Crippen LogP) is 3.92. The summed E-state index contributed by atoms with van der Waals surface area (Å²) in [5.74, 6) is 0.586. The van der Waals surface area contributed by atoms with Crippen LogP contribution in [0.5, 0.6) is 0 Å². The Morgan fingerprint density at radius 3 is 2.71 bits per heavy atom. The number of piperidine rings is 1. The van der Waals surface area contributed by atoms with Crippen molar-refractivity contribution in [3.05, 3.63) is 59.0 Å². The molecular weight excluding hydrogens is 410 g/mol. The highest BCUT2D eigenvalue weighted by molar-refractivity contribution is 7.85. The summed E-state index contributed by atoms with van der Waals surface area (Å²) in [5.41, 5.74) is 5.45. The molecule has 4 rings (SSSR count). The van der Waals surface area contributed by atoms with E-state index in [1.54, 1.807) is 17.0 Å². The highest BCUT2D eigenvalue weighted by Gasteiger charge is 2.24. The number of hydrogen-bond acceptors (Lipinski definition) is 4. The van der Waals surface area contributed by atoms with Crippen LogP contribution >= 0.6 is 0 Å². The van der Waals surface area contributed by atoms with Gasteiger partial charge in [0.25, 0.3) is 5.91 Å². The van der Waals surface area contributed by atoms with E-state index in [0.717, 1.165) is 36.4 Å². The number of aryl methyl sites for hydroxylation is 3. The van der Waals surface area contributed by atoms with E-state index >= 15 is 0 Å². The molecule has 0 saturated carbocycles. The number of benzene rings is 1. The van der Waals surface area contributed by atoms with Crippen LogP contribution in [0.4, 0.5) is 5.69 Å². The molecule has 3 heterocycles. The van der Waals surface area contributed by atoms with Crippen molar-refractivity contribution in [1.82, 2.24) is 19.5 Å². The number of hydrogen-bond donors (Lipinski definition) is 1. The van der Waals surface area contributed by atoms with E-state index in [9.17, 15) is 9.00 Å². The van der Waals surface area contributed by atoms with Gasteiger partial charge in [-0.3, -0.25) is 4.79 Å². The van der Waals surface area contributed by atoms with Gasteiger partial charge in [-0.1, -0.05) is 18.6 Å². The van der Waals surface area contributed by atoms with Crippen LogP contribution in [0.15, 0.2) is 36.7 Å². The second kappa shape index (κ2) is 10.0. The van der Waals surface area contributed by atoms with Crippen molar-refractivity contribution in [1.29, 1.82) is 0 Å². The van der Waals surface area contributed by atoms with Crippen LogP contribution in [0.2, 0.25) is 0 Å². The first-order valence-corrected chi connectivity index (χ1v) is 12.1. The van der Waals surface area contributed by atoms with Gasteiger partial charge in [0.15, 0.2) is 5.65 Å². The molecule has 1 aromatic carbocycles. The Morgan fingerprint density at radius 1 is 1.23 bits per heavy atom. The van der Waals surface area contributed by atoms with Crippen molar-refractivity contribution >= 4 is 28.2 Å². The van der Waals surface area contributed by atoms with E-state index in [1.165, 1.54) is 12.0 Å². The average Bonchev–Trinajstić information content (AvgIpc) is 3.16. The van der Waals surface area contributed by atoms with Crippen molar-refractivity contribution in [3.63, 3.8) is 0 Å². The largest absolute Gasteiger partial charge is 0.338 e. The number of aromatic nitrogens is 3. The van der Waals surface area contributed by atoms with Crippen molar-refractivity contribution < 1.29 is 9.00 Å². The first kappa shape index (κ1) is 22.9. The first-order chi connectivity index (χ1) is 14.7. The molecule has 31 heavy (non-hydrogen) atoms. The fourth-order valence-electron chi connectivity index (χ4n) is 3.66. The number of carbonyl (C=O) groups excluding carboxylic acids is 1. The van der Waals surface area contributed by atoms with Gasteiger partial charge < -0.3 is 9.62 Å². The van der Waals surface area contributed by atoms with E-state index in [4.69, 9.17) is 0 Å². The maximum absolute atomic E-state index is 12.7. The van der Waals surface area contributed by atoms with Gasteiger partial charge >= 0.3 is 0 Å². The molecular formula is C23H31N5O2S. The summed E-state index contributed by atoms with van der Waals surface area (Å²) in [6, 6.07) is 7.52. The molecule has 1 aliphatic rings. The minimum Gasteiger partial charge on any atom is -0.338 e. The second-order valence-corrected chi connectivity index (χ2v) is 9.36. The van der Waals surface area contributed by atoms with E-state index in [-0.39, 0.29) is 5.91 Å². The van der Waals surface area contributed by atoms with Gasteiger partial charge in [0.2, 0.25) is 0 Å². The van der Waals surface area contributed by atoms with Gasteiger partial charge in [-0.2, -0.15) is 5.10 Å². The summed E-state index contributed by atoms with van der Waals surface area (Å²) >= 11 is 0. The van der Waals surface area contributed by atoms with Crippen molar-refractivity contribution in [2.45, 2.75) is 40.5 Å². The molecule has 0 radical (unpaired) electrons. The standard InChI is InChI=1S/C15H22N2O2S.C8H9N3/c1-11-6-7-14(16-20(3)19)13(9-11)15(18)17-8-4-5-12(2)10-17;1-6-5-11-8(3-4-9-11)10-7(6)2/h6-7,9,12,16H,4-5,8,10H2,1-3H3;3-5H,1-2H3. The molecule has 1 amide bonds. The van der Waals surface area contributed by atoms with E-state index in [1.807, 2.05) is 56.1 Å². The molecule has 3 aromatic rings. The molecule has 1 fully saturated rings. The Labute approximate surface area is 186 Å². The minimum atomic E-state index is -1.18. The summed E-state index contributed by atoms with van der Waals surface area (Å²) in [6.45, 7) is 9.79. The van der Waals surface area contributed by atoms with E-state index < -0.39 is 11.0 Å². The number of anilines is 1. The number of rotatable bonds is 3. The van der Waals surface area contributed by atoms with Gasteiger partial charge in [0, 0.05) is 37.3 Å². The number of fused-ring (bicyclic) bond motifs is 1. The molecule has 2 unspecified atom stereocenters. The lowest BCUT2D eigenvalue weighted by atomic mass is 9.99. The molecule has 8 heteroatoms. The van der Waals surface area contributed by atoms with Gasteiger partial charge in [-0.25, -0.2) is 13.7 Å². The molecule has 0 spiro atoms. The van der Waals surface area contributed by atoms with Crippen LogP contribution in [0.3, 0.4) is 0 Å². The predicted molar refractivity (Wildman–Crippen MR) is 126 cm³/mol. The molecule has 2 aromatic heterocycles. The monoisotopic (exact) mass is 441 g/mol. The highest BCUT2D eigenvalue weighted by Crippen LogP contribution is 2.23. The molecule has 0 aliphatic carbocycles. The number of nitrogens with zero attached hydrogens (tertiary/aromatic N) is 4. The van der Waals surface area contributed by atoms with Gasteiger partial charge in [-0.15, -0.1) is 0 Å². The summed E-state index contributed by atoms with van der Waals surface area (Å²) < 4.78 is 16.0. The zero-order valence-electron chi connectivity index (χ0n) is 18.9. The van der Waals surface area contributed by atoms with Gasteiger partial charge in [0.1, 0.15) is 11.0 Å². The lowest BCUT2D eigenvalue weighted by molar-refractivity contribution is 0.0684. The molecule has 0 bridgehead atoms. The third-order valence-electron chi connectivity index (χ3n) is 5.42. The number of amides is 1. The molecule has 1 aliphatic heterocycles. The van der Waals surface area contributed by atoms with Crippen LogP contribution in [0.25, 0.3) is 5.65 Å². The Balaban J connectivity index is 0.000000207. The van der Waals surface area contributed by atoms with Crippen LogP contribution in [0.1, 0.15) is 46.9 Å². The SMILES string of the molecule is Cc1ccc(NS(C)=O)c(C(=O)N2CCCC(C)C2)c1.Cc1cn2nccc2nc1C. The van der Waals surface area contributed by atoms with Crippen LogP contribution in [0, 0.1) is 26.7 Å². The lowest BCUT2D eigenvalue weighted by Gasteiger charge is -2.31. The van der Waals surface area contributed by atoms with Crippen molar-refractivity contribution in [2.24, 2.45) is 5.92 Å². The topological polar surface area (TPSA) is 79.6 Å². The van der Waals surface area contributed by atoms with Crippen LogP contribution in [-0.2, 0) is 11.0 Å². The van der Waals surface area contributed by atoms with Gasteiger partial charge in [0.05, 0.1) is 17.4 Å². The molecule has 166 valence electrons. The quantitative estimate of drug-likeness (QED) is 0.668. The number of carbonyl (C=O) groups is 1. The van der Waals surface area contributed by atoms with Gasteiger partial charge in [-0.05, 0) is 57.2 Å². The smallest absolute Gasteiger partial charge is 0.256 e. The van der Waals surface area contributed by atoms with E-state index in [0.29, 0.717) is 17.2 Å². The Bertz CT molecular complexity index is 1060. The third kappa shape index (κ3) is 5.91. The summed E-state index contributed by atoms with van der Waals surface area (Å²) in [7, 11) is -1.18. The Morgan fingerprint density at radius 2 is 2.00 bits per heavy atom. The second-order valence-electron chi connectivity index (χ2n) is 8.25. The summed E-state index contributed by atoms with van der Waals surface area (Å²) in [5, 5.41) is 4.07. The average molecular weight is 442 g/mol. The summed E-state index contributed by atoms with van der Waals surface area (Å²) in [6.07, 6.45) is 7.54. The normalized spacial score (nSPS) is 17.1. The number of nitrogens with one attached hydrogen (secondary N) is 1. The Kier molecular flexibility index (Phi) is 7.43. The molecule has 2 atom stereocenters. The van der Waals surface area contributed by atoms with Crippen LogP contribution in [-0.4, -0.2) is 49.0 Å². The maximum atomic E-state index is 12.7. The van der Waals surface area contributed by atoms with E-state index in [2.05, 4.69) is 21.7 Å². The first-order valence-electron chi connectivity index (χ1n) is 10.5. The zero-order chi connectivity index (χ0) is 22.5. The van der Waals surface area contributed by atoms with Crippen molar-refractivity contribution in [2.75, 3.05) is 24.1 Å². The molecule has 7 nitrogen and oxygen atoms in total. The third-order valence-corrected chi connectivity index (χ3v) is 5.93. The zero-order valence-corrected chi connectivity index (χ0v) is 19.7. The number of likely N-dealkylation sites (tertiary alicyclic amines) is 1.